The molecule has 0 atom stereocenters. The lowest BCUT2D eigenvalue weighted by Gasteiger charge is -2.30. The average molecular weight is 390 g/mol. The van der Waals surface area contributed by atoms with E-state index in [-0.39, 0.29) is 11.8 Å². The topological polar surface area (TPSA) is 125 Å². The summed E-state index contributed by atoms with van der Waals surface area (Å²) < 4.78 is 5.59. The van der Waals surface area contributed by atoms with Crippen LogP contribution in [0.15, 0.2) is 47.1 Å². The quantitative estimate of drug-likeness (QED) is 0.481. The Balaban J connectivity index is 1.39. The van der Waals surface area contributed by atoms with Gasteiger partial charge in [-0.05, 0) is 12.1 Å². The summed E-state index contributed by atoms with van der Waals surface area (Å²) in [5.41, 5.74) is 2.87. The van der Waals surface area contributed by atoms with Crippen molar-refractivity contribution in [3.63, 3.8) is 0 Å². The number of carbonyl (C=O) groups excluding carboxylic acids is 1. The number of fused-ring (bicyclic) bond motifs is 1. The maximum Gasteiger partial charge on any atom is 0.313 e. The summed E-state index contributed by atoms with van der Waals surface area (Å²) in [7, 11) is 0. The normalized spacial score (nSPS) is 14.3. The van der Waals surface area contributed by atoms with E-state index in [2.05, 4.69) is 40.9 Å². The zero-order chi connectivity index (χ0) is 19.6. The number of amides is 1. The van der Waals surface area contributed by atoms with Crippen molar-refractivity contribution < 1.29 is 9.21 Å². The van der Waals surface area contributed by atoms with Crippen LogP contribution in [0.2, 0.25) is 0 Å². The van der Waals surface area contributed by atoms with Crippen LogP contribution >= 0.6 is 0 Å². The Morgan fingerprint density at radius 2 is 2.00 bits per heavy atom. The van der Waals surface area contributed by atoms with Gasteiger partial charge in [0, 0.05) is 37.8 Å². The molecule has 29 heavy (non-hydrogen) atoms. The first-order valence-corrected chi connectivity index (χ1v) is 9.27. The number of anilines is 2. The summed E-state index contributed by atoms with van der Waals surface area (Å²) in [5.74, 6) is -0.448. The number of hydrogen-bond donors (Lipinski definition) is 3. The fraction of sp³-hybridized carbons (Fsp3) is 0.211. The van der Waals surface area contributed by atoms with Gasteiger partial charge < -0.3 is 20.0 Å². The second kappa shape index (κ2) is 7.32. The first-order chi connectivity index (χ1) is 14.3. The molecule has 10 heteroatoms. The van der Waals surface area contributed by atoms with Crippen LogP contribution in [0.4, 0.5) is 11.4 Å². The van der Waals surface area contributed by atoms with Gasteiger partial charge in [-0.2, -0.15) is 5.10 Å². The largest absolute Gasteiger partial charge is 0.411 e. The molecular formula is C19H18N8O2. The number of H-pyrrole nitrogens is 1. The van der Waals surface area contributed by atoms with E-state index in [1.165, 1.54) is 0 Å². The number of aromatic amines is 1. The fourth-order valence-corrected chi connectivity index (χ4v) is 3.38. The molecule has 1 aliphatic heterocycles. The van der Waals surface area contributed by atoms with Gasteiger partial charge in [0.05, 0.1) is 23.1 Å². The van der Waals surface area contributed by atoms with E-state index in [0.717, 1.165) is 42.8 Å². The van der Waals surface area contributed by atoms with Gasteiger partial charge in [-0.15, -0.1) is 10.2 Å². The summed E-state index contributed by atoms with van der Waals surface area (Å²) >= 11 is 0. The lowest BCUT2D eigenvalue weighted by molar-refractivity contribution is 0.0991. The monoisotopic (exact) mass is 390 g/mol. The van der Waals surface area contributed by atoms with Crippen LogP contribution in [0.1, 0.15) is 10.7 Å². The number of rotatable bonds is 4. The molecule has 4 aromatic rings. The Kier molecular flexibility index (Phi) is 4.37. The number of nitrogens with one attached hydrogen (secondary N) is 3. The highest BCUT2D eigenvalue weighted by Crippen LogP contribution is 2.27. The average Bonchev–Trinajstić information content (AvgIpc) is 3.42. The van der Waals surface area contributed by atoms with Gasteiger partial charge in [0.15, 0.2) is 5.69 Å². The van der Waals surface area contributed by atoms with Gasteiger partial charge in [-0.3, -0.25) is 14.9 Å². The first kappa shape index (κ1) is 17.3. The number of piperazine rings is 1. The van der Waals surface area contributed by atoms with Gasteiger partial charge in [-0.25, -0.2) is 0 Å². The summed E-state index contributed by atoms with van der Waals surface area (Å²) in [6, 6.07) is 9.48. The summed E-state index contributed by atoms with van der Waals surface area (Å²) in [5, 5.41) is 22.0. The van der Waals surface area contributed by atoms with Gasteiger partial charge in [0.1, 0.15) is 0 Å². The van der Waals surface area contributed by atoms with Crippen LogP contribution in [0.5, 0.6) is 0 Å². The highest BCUT2D eigenvalue weighted by Gasteiger charge is 2.21. The predicted octanol–water partition coefficient (Wildman–Crippen LogP) is 1.67. The minimum Gasteiger partial charge on any atom is -0.411 e. The van der Waals surface area contributed by atoms with Crippen molar-refractivity contribution >= 4 is 28.2 Å². The minimum atomic E-state index is -0.493. The van der Waals surface area contributed by atoms with Crippen LogP contribution in [0.25, 0.3) is 22.5 Å². The molecular weight excluding hydrogens is 372 g/mol. The molecule has 0 unspecified atom stereocenters. The molecule has 1 aromatic carbocycles. The molecule has 5 rings (SSSR count). The van der Waals surface area contributed by atoms with Crippen molar-refractivity contribution in [3.05, 3.63) is 48.6 Å². The zero-order valence-corrected chi connectivity index (χ0v) is 15.4. The summed E-state index contributed by atoms with van der Waals surface area (Å²) in [6.45, 7) is 3.48. The van der Waals surface area contributed by atoms with Gasteiger partial charge >= 0.3 is 11.8 Å². The van der Waals surface area contributed by atoms with Crippen LogP contribution in [0, 0.1) is 0 Å². The smallest absolute Gasteiger partial charge is 0.313 e. The highest BCUT2D eigenvalue weighted by atomic mass is 16.4. The van der Waals surface area contributed by atoms with E-state index in [1.54, 1.807) is 12.4 Å². The molecule has 1 aliphatic rings. The molecule has 146 valence electrons. The van der Waals surface area contributed by atoms with Crippen LogP contribution in [-0.2, 0) is 0 Å². The van der Waals surface area contributed by atoms with Crippen molar-refractivity contribution in [1.29, 1.82) is 0 Å². The van der Waals surface area contributed by atoms with Crippen LogP contribution < -0.4 is 15.5 Å². The number of aromatic nitrogens is 5. The molecule has 3 aromatic heterocycles. The van der Waals surface area contributed by atoms with Gasteiger partial charge in [-0.1, -0.05) is 18.2 Å². The van der Waals surface area contributed by atoms with E-state index in [9.17, 15) is 4.79 Å². The molecule has 0 saturated carbocycles. The number of pyridine rings is 1. The second-order valence-electron chi connectivity index (χ2n) is 6.61. The summed E-state index contributed by atoms with van der Waals surface area (Å²) in [4.78, 5) is 19.0. The highest BCUT2D eigenvalue weighted by molar-refractivity contribution is 6.03. The Morgan fingerprint density at radius 3 is 2.90 bits per heavy atom. The third-order valence-electron chi connectivity index (χ3n) is 4.80. The molecule has 0 bridgehead atoms. The number of nitrogens with zero attached hydrogens (tertiary/aromatic N) is 5. The number of benzene rings is 1. The van der Waals surface area contributed by atoms with Crippen LogP contribution in [-0.4, -0.2) is 57.5 Å². The lowest BCUT2D eigenvalue weighted by atomic mass is 10.2. The number of hydrogen-bond acceptors (Lipinski definition) is 8. The Hall–Kier alpha value is -3.79. The number of carbonyl (C=O) groups is 1. The van der Waals surface area contributed by atoms with E-state index < -0.39 is 5.91 Å². The maximum absolute atomic E-state index is 12.7. The number of para-hydroxylation sites is 1. The van der Waals surface area contributed by atoms with E-state index in [4.69, 9.17) is 4.42 Å². The molecule has 10 nitrogen and oxygen atoms in total. The van der Waals surface area contributed by atoms with E-state index >= 15 is 0 Å². The third-order valence-corrected chi connectivity index (χ3v) is 4.80. The maximum atomic E-state index is 12.7. The molecule has 3 N–H and O–H groups in total. The SMILES string of the molecule is O=C(Nc1cnccc1N1CCNCC1)c1nnc(-c2n[nH]c3ccccc23)o1. The zero-order valence-electron chi connectivity index (χ0n) is 15.4. The van der Waals surface area contributed by atoms with Crippen LogP contribution in [0.3, 0.4) is 0 Å². The Morgan fingerprint density at radius 1 is 1.14 bits per heavy atom. The molecule has 1 fully saturated rings. The molecule has 0 spiro atoms. The Labute approximate surface area is 165 Å². The van der Waals surface area contributed by atoms with Crippen molar-refractivity contribution in [2.75, 3.05) is 36.4 Å². The van der Waals surface area contributed by atoms with Gasteiger partial charge in [0.2, 0.25) is 0 Å². The standard InChI is InChI=1S/C19H18N8O2/c28-17(22-14-11-21-6-5-15(14)27-9-7-20-8-10-27)19-26-25-18(29-19)16-12-3-1-2-4-13(12)23-24-16/h1-6,11,20H,7-10H2,(H,22,28)(H,23,24). The third kappa shape index (κ3) is 3.29. The van der Waals surface area contributed by atoms with Crippen molar-refractivity contribution in [3.8, 4) is 11.6 Å². The molecule has 4 heterocycles. The first-order valence-electron chi connectivity index (χ1n) is 9.27. The predicted molar refractivity (Wildman–Crippen MR) is 107 cm³/mol. The fourth-order valence-electron chi connectivity index (χ4n) is 3.38. The van der Waals surface area contributed by atoms with Crippen molar-refractivity contribution in [2.24, 2.45) is 0 Å². The minimum absolute atomic E-state index is 0.137. The van der Waals surface area contributed by atoms with Crippen molar-refractivity contribution in [1.82, 2.24) is 30.7 Å². The summed E-state index contributed by atoms with van der Waals surface area (Å²) in [6.07, 6.45) is 3.33. The molecule has 1 amide bonds. The molecule has 1 saturated heterocycles. The van der Waals surface area contributed by atoms with E-state index in [1.807, 2.05) is 30.3 Å². The molecule has 0 aliphatic carbocycles. The second-order valence-corrected chi connectivity index (χ2v) is 6.61. The van der Waals surface area contributed by atoms with Gasteiger partial charge in [0.25, 0.3) is 5.89 Å². The van der Waals surface area contributed by atoms with Crippen molar-refractivity contribution in [2.45, 2.75) is 0 Å². The Bertz CT molecular complexity index is 1160. The van der Waals surface area contributed by atoms with E-state index in [0.29, 0.717) is 11.4 Å². The molecule has 0 radical (unpaired) electrons. The lowest BCUT2D eigenvalue weighted by Crippen LogP contribution is -2.43.